The van der Waals surface area contributed by atoms with Gasteiger partial charge in [0.25, 0.3) is 0 Å². The van der Waals surface area contributed by atoms with E-state index in [4.69, 9.17) is 11.2 Å². The predicted molar refractivity (Wildman–Crippen MR) is 80.7 cm³/mol. The summed E-state index contributed by atoms with van der Waals surface area (Å²) < 4.78 is 5.34. The standard InChI is InChI=1S/C15H25N3O3/c1-6-7-16-13(19)12(2)17-8-10-18(11-9-17)14(20)21-15(3,4)5/h1,12H,7-11H2,2-5H3,(H,16,19)/t12-/m1/s1. The zero-order valence-corrected chi connectivity index (χ0v) is 13.3. The van der Waals surface area contributed by atoms with Crippen molar-refractivity contribution < 1.29 is 14.3 Å². The molecule has 1 fully saturated rings. The van der Waals surface area contributed by atoms with Gasteiger partial charge in [0.1, 0.15) is 5.60 Å². The van der Waals surface area contributed by atoms with Gasteiger partial charge in [0.2, 0.25) is 5.91 Å². The van der Waals surface area contributed by atoms with E-state index >= 15 is 0 Å². The molecule has 6 heteroatoms. The van der Waals surface area contributed by atoms with E-state index in [2.05, 4.69) is 11.2 Å². The summed E-state index contributed by atoms with van der Waals surface area (Å²) in [5, 5.41) is 2.67. The Balaban J connectivity index is 2.43. The lowest BCUT2D eigenvalue weighted by molar-refractivity contribution is -0.126. The second kappa shape index (κ2) is 7.32. The van der Waals surface area contributed by atoms with E-state index in [9.17, 15) is 9.59 Å². The van der Waals surface area contributed by atoms with Crippen LogP contribution in [0.15, 0.2) is 0 Å². The molecule has 1 rings (SSSR count). The third-order valence-electron chi connectivity index (χ3n) is 3.26. The van der Waals surface area contributed by atoms with Gasteiger partial charge in [-0.05, 0) is 27.7 Å². The zero-order chi connectivity index (χ0) is 16.0. The fraction of sp³-hybridized carbons (Fsp3) is 0.733. The fourth-order valence-corrected chi connectivity index (χ4v) is 2.07. The summed E-state index contributed by atoms with van der Waals surface area (Å²) in [6.07, 6.45) is 4.82. The largest absolute Gasteiger partial charge is 0.444 e. The van der Waals surface area contributed by atoms with Gasteiger partial charge < -0.3 is 15.0 Å². The van der Waals surface area contributed by atoms with Gasteiger partial charge in [0.15, 0.2) is 0 Å². The Morgan fingerprint density at radius 1 is 1.29 bits per heavy atom. The Morgan fingerprint density at radius 2 is 1.86 bits per heavy atom. The van der Waals surface area contributed by atoms with Crippen molar-refractivity contribution in [1.82, 2.24) is 15.1 Å². The van der Waals surface area contributed by atoms with Crippen molar-refractivity contribution in [1.29, 1.82) is 0 Å². The molecule has 2 amide bonds. The Bertz CT molecular complexity index is 415. The molecule has 0 unspecified atom stereocenters. The van der Waals surface area contributed by atoms with Gasteiger partial charge in [-0.1, -0.05) is 5.92 Å². The van der Waals surface area contributed by atoms with E-state index in [0.717, 1.165) is 0 Å². The second-order valence-corrected chi connectivity index (χ2v) is 6.10. The molecule has 1 aliphatic heterocycles. The average molecular weight is 295 g/mol. The molecule has 0 aromatic heterocycles. The summed E-state index contributed by atoms with van der Waals surface area (Å²) in [7, 11) is 0. The fourth-order valence-electron chi connectivity index (χ4n) is 2.07. The molecule has 1 N–H and O–H groups in total. The average Bonchev–Trinajstić information content (AvgIpc) is 2.42. The topological polar surface area (TPSA) is 61.9 Å². The normalized spacial score (nSPS) is 17.8. The van der Waals surface area contributed by atoms with Gasteiger partial charge >= 0.3 is 6.09 Å². The van der Waals surface area contributed by atoms with Gasteiger partial charge in [0.05, 0.1) is 12.6 Å². The van der Waals surface area contributed by atoms with E-state index in [1.807, 2.05) is 32.6 Å². The molecule has 1 atom stereocenters. The molecule has 0 radical (unpaired) electrons. The van der Waals surface area contributed by atoms with Crippen LogP contribution < -0.4 is 5.32 Å². The van der Waals surface area contributed by atoms with Crippen LogP contribution in [0, 0.1) is 12.3 Å². The Hall–Kier alpha value is -1.74. The Kier molecular flexibility index (Phi) is 6.03. The smallest absolute Gasteiger partial charge is 0.410 e. The molecule has 6 nitrogen and oxygen atoms in total. The SMILES string of the molecule is C#CCNC(=O)[C@@H](C)N1CCN(C(=O)OC(C)(C)C)CC1. The Morgan fingerprint density at radius 3 is 2.33 bits per heavy atom. The highest BCUT2D eigenvalue weighted by Gasteiger charge is 2.29. The minimum Gasteiger partial charge on any atom is -0.444 e. The number of hydrogen-bond acceptors (Lipinski definition) is 4. The molecule has 0 saturated carbocycles. The van der Waals surface area contributed by atoms with Crippen LogP contribution in [0.2, 0.25) is 0 Å². The van der Waals surface area contributed by atoms with E-state index in [1.54, 1.807) is 4.90 Å². The highest BCUT2D eigenvalue weighted by Crippen LogP contribution is 2.13. The first-order chi connectivity index (χ1) is 9.74. The molecule has 21 heavy (non-hydrogen) atoms. The van der Waals surface area contributed by atoms with E-state index in [-0.39, 0.29) is 24.6 Å². The Labute approximate surface area is 126 Å². The van der Waals surface area contributed by atoms with Crippen LogP contribution >= 0.6 is 0 Å². The number of rotatable bonds is 3. The van der Waals surface area contributed by atoms with Crippen molar-refractivity contribution in [2.45, 2.75) is 39.3 Å². The number of ether oxygens (including phenoxy) is 1. The molecule has 0 spiro atoms. The van der Waals surface area contributed by atoms with Crippen LogP contribution in [-0.4, -0.2) is 66.2 Å². The highest BCUT2D eigenvalue weighted by molar-refractivity contribution is 5.81. The summed E-state index contributed by atoms with van der Waals surface area (Å²) >= 11 is 0. The first-order valence-electron chi connectivity index (χ1n) is 7.18. The quantitative estimate of drug-likeness (QED) is 0.778. The van der Waals surface area contributed by atoms with Crippen LogP contribution in [0.5, 0.6) is 0 Å². The lowest BCUT2D eigenvalue weighted by atomic mass is 10.2. The number of nitrogens with zero attached hydrogens (tertiary/aromatic N) is 2. The first-order valence-corrected chi connectivity index (χ1v) is 7.18. The molecule has 1 aliphatic rings. The number of carbonyl (C=O) groups excluding carboxylic acids is 2. The third-order valence-corrected chi connectivity index (χ3v) is 3.26. The van der Waals surface area contributed by atoms with E-state index in [1.165, 1.54) is 0 Å². The second-order valence-electron chi connectivity index (χ2n) is 6.10. The van der Waals surface area contributed by atoms with Gasteiger partial charge in [-0.3, -0.25) is 9.69 Å². The summed E-state index contributed by atoms with van der Waals surface area (Å²) in [6.45, 7) is 10.0. The van der Waals surface area contributed by atoms with Crippen molar-refractivity contribution in [3.05, 3.63) is 0 Å². The van der Waals surface area contributed by atoms with Crippen molar-refractivity contribution in [2.24, 2.45) is 0 Å². The van der Waals surface area contributed by atoms with Crippen LogP contribution in [0.25, 0.3) is 0 Å². The first kappa shape index (κ1) is 17.3. The number of nitrogens with one attached hydrogen (secondary N) is 1. The molecule has 0 aromatic rings. The minimum atomic E-state index is -0.489. The van der Waals surface area contributed by atoms with Gasteiger partial charge in [0, 0.05) is 26.2 Å². The van der Waals surface area contributed by atoms with Crippen LogP contribution in [-0.2, 0) is 9.53 Å². The zero-order valence-electron chi connectivity index (χ0n) is 13.3. The van der Waals surface area contributed by atoms with Gasteiger partial charge in [-0.2, -0.15) is 0 Å². The molecular formula is C15H25N3O3. The number of carbonyl (C=O) groups is 2. The van der Waals surface area contributed by atoms with Gasteiger partial charge in [-0.15, -0.1) is 6.42 Å². The summed E-state index contributed by atoms with van der Waals surface area (Å²) in [4.78, 5) is 27.5. The number of amides is 2. The number of hydrogen-bond donors (Lipinski definition) is 1. The van der Waals surface area contributed by atoms with Crippen molar-refractivity contribution >= 4 is 12.0 Å². The molecule has 1 saturated heterocycles. The summed E-state index contributed by atoms with van der Waals surface area (Å²) in [5.74, 6) is 2.30. The lowest BCUT2D eigenvalue weighted by Crippen LogP contribution is -2.55. The minimum absolute atomic E-state index is 0.0846. The molecule has 0 aliphatic carbocycles. The van der Waals surface area contributed by atoms with E-state index in [0.29, 0.717) is 26.2 Å². The maximum Gasteiger partial charge on any atom is 0.410 e. The number of piperazine rings is 1. The van der Waals surface area contributed by atoms with Crippen molar-refractivity contribution in [3.63, 3.8) is 0 Å². The number of terminal acetylenes is 1. The van der Waals surface area contributed by atoms with E-state index < -0.39 is 5.60 Å². The molecular weight excluding hydrogens is 270 g/mol. The van der Waals surface area contributed by atoms with Crippen LogP contribution in [0.1, 0.15) is 27.7 Å². The molecule has 0 bridgehead atoms. The summed E-state index contributed by atoms with van der Waals surface area (Å²) in [5.41, 5.74) is -0.489. The van der Waals surface area contributed by atoms with Crippen LogP contribution in [0.3, 0.4) is 0 Å². The predicted octanol–water partition coefficient (Wildman–Crippen LogP) is 0.677. The summed E-state index contributed by atoms with van der Waals surface area (Å²) in [6, 6.07) is -0.251. The molecule has 1 heterocycles. The lowest BCUT2D eigenvalue weighted by Gasteiger charge is -2.37. The third kappa shape index (κ3) is 5.64. The van der Waals surface area contributed by atoms with Crippen molar-refractivity contribution in [3.8, 4) is 12.3 Å². The highest BCUT2D eigenvalue weighted by atomic mass is 16.6. The maximum atomic E-state index is 11.9. The van der Waals surface area contributed by atoms with Crippen molar-refractivity contribution in [2.75, 3.05) is 32.7 Å². The van der Waals surface area contributed by atoms with Crippen LogP contribution in [0.4, 0.5) is 4.79 Å². The van der Waals surface area contributed by atoms with Gasteiger partial charge in [-0.25, -0.2) is 4.79 Å². The molecule has 118 valence electrons. The monoisotopic (exact) mass is 295 g/mol. The molecule has 0 aromatic carbocycles. The maximum absolute atomic E-state index is 11.9.